The summed E-state index contributed by atoms with van der Waals surface area (Å²) in [6.45, 7) is 7.53. The van der Waals surface area contributed by atoms with Gasteiger partial charge in [0, 0.05) is 18.3 Å². The Hall–Kier alpha value is -1.77. The van der Waals surface area contributed by atoms with Crippen LogP contribution in [0.25, 0.3) is 5.57 Å². The summed E-state index contributed by atoms with van der Waals surface area (Å²) < 4.78 is 7.52. The summed E-state index contributed by atoms with van der Waals surface area (Å²) in [4.78, 5) is 4.44. The zero-order chi connectivity index (χ0) is 11.4. The van der Waals surface area contributed by atoms with Crippen LogP contribution in [0.5, 0.6) is 6.01 Å². The molecule has 0 saturated carbocycles. The maximum atomic E-state index is 5.48. The minimum atomic E-state index is 0.717. The Bertz CT molecular complexity index is 417. The Labute approximate surface area is 95.8 Å². The third-order valence-corrected chi connectivity index (χ3v) is 2.50. The second-order valence-corrected chi connectivity index (χ2v) is 3.66. The maximum Gasteiger partial charge on any atom is 0.296 e. The molecule has 84 valence electrons. The Kier molecular flexibility index (Phi) is 3.25. The highest BCUT2D eigenvalue weighted by Gasteiger charge is 2.14. The van der Waals surface area contributed by atoms with Crippen molar-refractivity contribution in [2.75, 3.05) is 6.61 Å². The van der Waals surface area contributed by atoms with Gasteiger partial charge in [-0.3, -0.25) is 0 Å². The number of nitrogens with zero attached hydrogens (tertiary/aromatic N) is 2. The van der Waals surface area contributed by atoms with Gasteiger partial charge in [-0.15, -0.1) is 0 Å². The van der Waals surface area contributed by atoms with Crippen LogP contribution in [-0.4, -0.2) is 16.2 Å². The van der Waals surface area contributed by atoms with Gasteiger partial charge in [0.05, 0.1) is 12.3 Å². The van der Waals surface area contributed by atoms with E-state index in [2.05, 4.69) is 11.6 Å². The quantitative estimate of drug-likeness (QED) is 0.726. The molecule has 0 amide bonds. The van der Waals surface area contributed by atoms with Crippen LogP contribution in [0.3, 0.4) is 0 Å². The highest BCUT2D eigenvalue weighted by molar-refractivity contribution is 5.72. The smallest absolute Gasteiger partial charge is 0.296 e. The molecule has 1 aromatic heterocycles. The SMILES string of the molecule is C=C/C(=C\C=C/C)c1cn2c(n1)OCCC2. The predicted molar refractivity (Wildman–Crippen MR) is 65.3 cm³/mol. The first-order chi connectivity index (χ1) is 7.85. The molecule has 1 aliphatic rings. The van der Waals surface area contributed by atoms with Crippen molar-refractivity contribution in [1.29, 1.82) is 0 Å². The van der Waals surface area contributed by atoms with E-state index in [-0.39, 0.29) is 0 Å². The van der Waals surface area contributed by atoms with E-state index in [1.165, 1.54) is 0 Å². The number of hydrogen-bond donors (Lipinski definition) is 0. The van der Waals surface area contributed by atoms with E-state index < -0.39 is 0 Å². The van der Waals surface area contributed by atoms with Gasteiger partial charge >= 0.3 is 0 Å². The highest BCUT2D eigenvalue weighted by atomic mass is 16.5. The standard InChI is InChI=1S/C13H16N2O/c1-3-5-7-11(4-2)12-10-15-8-6-9-16-13(15)14-12/h3-5,7,10H,2,6,8-9H2,1H3/b5-3-,11-7+. The molecule has 0 radical (unpaired) electrons. The summed E-state index contributed by atoms with van der Waals surface area (Å²) >= 11 is 0. The Morgan fingerprint density at radius 2 is 2.50 bits per heavy atom. The summed E-state index contributed by atoms with van der Waals surface area (Å²) in [7, 11) is 0. The fourth-order valence-corrected chi connectivity index (χ4v) is 1.67. The van der Waals surface area contributed by atoms with Crippen LogP contribution < -0.4 is 4.74 Å². The van der Waals surface area contributed by atoms with Gasteiger partial charge in [-0.25, -0.2) is 0 Å². The van der Waals surface area contributed by atoms with Crippen molar-refractivity contribution in [2.45, 2.75) is 19.9 Å². The first-order valence-electron chi connectivity index (χ1n) is 5.51. The third-order valence-electron chi connectivity index (χ3n) is 2.50. The number of rotatable bonds is 3. The van der Waals surface area contributed by atoms with Crippen LogP contribution in [0, 0.1) is 0 Å². The normalized spacial score (nSPS) is 15.9. The molecule has 2 rings (SSSR count). The van der Waals surface area contributed by atoms with Gasteiger partial charge in [0.15, 0.2) is 0 Å². The van der Waals surface area contributed by atoms with Crippen molar-refractivity contribution in [3.8, 4) is 6.01 Å². The van der Waals surface area contributed by atoms with Crippen molar-refractivity contribution in [3.05, 3.63) is 42.8 Å². The monoisotopic (exact) mass is 216 g/mol. The molecule has 1 aliphatic heterocycles. The molecular weight excluding hydrogens is 200 g/mol. The number of aromatic nitrogens is 2. The summed E-state index contributed by atoms with van der Waals surface area (Å²) in [6.07, 6.45) is 10.8. The number of aryl methyl sites for hydroxylation is 1. The molecule has 0 fully saturated rings. The highest BCUT2D eigenvalue weighted by Crippen LogP contribution is 2.22. The van der Waals surface area contributed by atoms with Gasteiger partial charge in [0.1, 0.15) is 0 Å². The summed E-state index contributed by atoms with van der Waals surface area (Å²) in [5.74, 6) is 0. The van der Waals surface area contributed by atoms with Crippen LogP contribution in [0.15, 0.2) is 37.1 Å². The molecule has 0 atom stereocenters. The fourth-order valence-electron chi connectivity index (χ4n) is 1.67. The minimum absolute atomic E-state index is 0.717. The van der Waals surface area contributed by atoms with Crippen molar-refractivity contribution >= 4 is 5.57 Å². The lowest BCUT2D eigenvalue weighted by Crippen LogP contribution is -2.13. The van der Waals surface area contributed by atoms with E-state index in [4.69, 9.17) is 4.74 Å². The maximum absolute atomic E-state index is 5.48. The van der Waals surface area contributed by atoms with Gasteiger partial charge in [0.25, 0.3) is 6.01 Å². The number of ether oxygens (including phenoxy) is 1. The molecule has 3 nitrogen and oxygen atoms in total. The number of allylic oxidation sites excluding steroid dienone is 5. The molecular formula is C13H16N2O. The van der Waals surface area contributed by atoms with E-state index in [0.717, 1.165) is 36.8 Å². The number of fused-ring (bicyclic) bond motifs is 1. The second-order valence-electron chi connectivity index (χ2n) is 3.66. The molecule has 0 aliphatic carbocycles. The predicted octanol–water partition coefficient (Wildman–Crippen LogP) is 2.81. The molecule has 16 heavy (non-hydrogen) atoms. The van der Waals surface area contributed by atoms with Crippen LogP contribution in [0.4, 0.5) is 0 Å². The van der Waals surface area contributed by atoms with Crippen LogP contribution >= 0.6 is 0 Å². The number of hydrogen-bond acceptors (Lipinski definition) is 2. The third kappa shape index (κ3) is 2.08. The van der Waals surface area contributed by atoms with Gasteiger partial charge in [-0.2, -0.15) is 4.98 Å². The largest absolute Gasteiger partial charge is 0.465 e. The van der Waals surface area contributed by atoms with E-state index in [1.807, 2.05) is 42.0 Å². The van der Waals surface area contributed by atoms with Crippen molar-refractivity contribution in [3.63, 3.8) is 0 Å². The van der Waals surface area contributed by atoms with Gasteiger partial charge in [-0.1, -0.05) is 30.9 Å². The van der Waals surface area contributed by atoms with Crippen molar-refractivity contribution < 1.29 is 4.74 Å². The van der Waals surface area contributed by atoms with Gasteiger partial charge < -0.3 is 9.30 Å². The molecule has 0 spiro atoms. The first kappa shape index (κ1) is 10.7. The van der Waals surface area contributed by atoms with Gasteiger partial charge in [0.2, 0.25) is 0 Å². The molecule has 2 heterocycles. The average Bonchev–Trinajstić information content (AvgIpc) is 2.73. The van der Waals surface area contributed by atoms with Crippen molar-refractivity contribution in [1.82, 2.24) is 9.55 Å². The lowest BCUT2D eigenvalue weighted by molar-refractivity contribution is 0.231. The lowest BCUT2D eigenvalue weighted by Gasteiger charge is -2.13. The van der Waals surface area contributed by atoms with E-state index >= 15 is 0 Å². The van der Waals surface area contributed by atoms with E-state index in [9.17, 15) is 0 Å². The second kappa shape index (κ2) is 4.84. The Morgan fingerprint density at radius 3 is 3.19 bits per heavy atom. The summed E-state index contributed by atoms with van der Waals surface area (Å²) in [5, 5.41) is 0. The fraction of sp³-hybridized carbons (Fsp3) is 0.308. The van der Waals surface area contributed by atoms with E-state index in [1.54, 1.807) is 0 Å². The molecule has 0 unspecified atom stereocenters. The summed E-state index contributed by atoms with van der Waals surface area (Å²) in [6, 6.07) is 0.717. The van der Waals surface area contributed by atoms with Crippen LogP contribution in [0.2, 0.25) is 0 Å². The summed E-state index contributed by atoms with van der Waals surface area (Å²) in [5.41, 5.74) is 1.94. The molecule has 0 aromatic carbocycles. The zero-order valence-electron chi connectivity index (χ0n) is 9.52. The molecule has 0 N–H and O–H groups in total. The Balaban J connectivity index is 2.32. The average molecular weight is 216 g/mol. The van der Waals surface area contributed by atoms with E-state index in [0.29, 0.717) is 0 Å². The molecule has 0 saturated heterocycles. The lowest BCUT2D eigenvalue weighted by atomic mass is 10.2. The van der Waals surface area contributed by atoms with Crippen LogP contribution in [-0.2, 0) is 6.54 Å². The minimum Gasteiger partial charge on any atom is -0.465 e. The Morgan fingerprint density at radius 1 is 1.62 bits per heavy atom. The van der Waals surface area contributed by atoms with Crippen LogP contribution in [0.1, 0.15) is 19.0 Å². The topological polar surface area (TPSA) is 27.1 Å². The number of imidazole rings is 1. The van der Waals surface area contributed by atoms with Crippen molar-refractivity contribution in [2.24, 2.45) is 0 Å². The molecule has 0 bridgehead atoms. The first-order valence-corrected chi connectivity index (χ1v) is 5.51. The molecule has 1 aromatic rings. The zero-order valence-corrected chi connectivity index (χ0v) is 9.52. The van der Waals surface area contributed by atoms with Gasteiger partial charge in [-0.05, 0) is 13.3 Å². The molecule has 3 heteroatoms.